The highest BCUT2D eigenvalue weighted by Crippen LogP contribution is 2.44. The van der Waals surface area contributed by atoms with E-state index >= 15 is 0 Å². The van der Waals surface area contributed by atoms with Crippen molar-refractivity contribution < 1.29 is 23.1 Å². The minimum absolute atomic E-state index is 0.00135. The van der Waals surface area contributed by atoms with Gasteiger partial charge in [-0.05, 0) is 24.6 Å². The second-order valence-corrected chi connectivity index (χ2v) is 6.23. The average Bonchev–Trinajstić information content (AvgIpc) is 2.66. The van der Waals surface area contributed by atoms with Crippen LogP contribution < -0.4 is 5.73 Å². The first-order valence-electron chi connectivity index (χ1n) is 5.62. The molecule has 3 N–H and O–H groups in total. The number of halogens is 4. The fourth-order valence-electron chi connectivity index (χ4n) is 1.89. The Bertz CT molecular complexity index is 725. The van der Waals surface area contributed by atoms with E-state index in [0.717, 1.165) is 17.4 Å². The fourth-order valence-corrected chi connectivity index (χ4v) is 3.36. The van der Waals surface area contributed by atoms with E-state index in [-0.39, 0.29) is 21.0 Å². The van der Waals surface area contributed by atoms with Crippen LogP contribution in [-0.4, -0.2) is 11.1 Å². The number of carboxylic acid groups (broad SMARTS) is 1. The summed E-state index contributed by atoms with van der Waals surface area (Å²) in [7, 11) is 0. The molecule has 0 saturated heterocycles. The lowest BCUT2D eigenvalue weighted by molar-refractivity contribution is -0.137. The number of thiophene rings is 1. The number of hydrogen-bond acceptors (Lipinski definition) is 3. The number of alkyl halides is 3. The van der Waals surface area contributed by atoms with Crippen LogP contribution in [0.2, 0.25) is 0 Å². The van der Waals surface area contributed by atoms with Gasteiger partial charge in [-0.1, -0.05) is 22.0 Å². The molecule has 112 valence electrons. The molecule has 0 atom stereocenters. The molecule has 0 amide bonds. The highest BCUT2D eigenvalue weighted by molar-refractivity contribution is 9.10. The predicted octanol–water partition coefficient (Wildman–Crippen LogP) is 4.79. The van der Waals surface area contributed by atoms with E-state index in [1.54, 1.807) is 0 Å². The van der Waals surface area contributed by atoms with Gasteiger partial charge in [0.2, 0.25) is 0 Å². The van der Waals surface area contributed by atoms with Gasteiger partial charge in [-0.25, -0.2) is 4.79 Å². The molecule has 0 saturated carbocycles. The van der Waals surface area contributed by atoms with Crippen molar-refractivity contribution in [1.29, 1.82) is 0 Å². The zero-order valence-corrected chi connectivity index (χ0v) is 13.0. The maximum atomic E-state index is 13.1. The quantitative estimate of drug-likeness (QED) is 0.788. The van der Waals surface area contributed by atoms with Gasteiger partial charge in [0, 0.05) is 14.9 Å². The molecule has 2 rings (SSSR count). The molecule has 0 fully saturated rings. The number of benzene rings is 1. The second-order valence-electron chi connectivity index (χ2n) is 4.29. The summed E-state index contributed by atoms with van der Waals surface area (Å²) >= 11 is 3.75. The number of hydrogen-bond donors (Lipinski definition) is 2. The Hall–Kier alpha value is -1.54. The SMILES string of the molecule is Cc1c(-c2ccc(Br)cc2C(F)(F)F)sc(C(=O)O)c1N. The van der Waals surface area contributed by atoms with Crippen molar-refractivity contribution >= 4 is 38.9 Å². The monoisotopic (exact) mass is 379 g/mol. The molecular weight excluding hydrogens is 371 g/mol. The van der Waals surface area contributed by atoms with Gasteiger partial charge >= 0.3 is 12.1 Å². The Morgan fingerprint density at radius 3 is 2.48 bits per heavy atom. The van der Waals surface area contributed by atoms with Crippen LogP contribution in [0.15, 0.2) is 22.7 Å². The first-order chi connectivity index (χ1) is 9.62. The maximum Gasteiger partial charge on any atom is 0.417 e. The summed E-state index contributed by atoms with van der Waals surface area (Å²) in [5.74, 6) is -1.25. The molecule has 1 aromatic carbocycles. The molecule has 0 radical (unpaired) electrons. The normalized spacial score (nSPS) is 11.7. The van der Waals surface area contributed by atoms with Gasteiger partial charge in [0.1, 0.15) is 4.88 Å². The first kappa shape index (κ1) is 15.8. The molecule has 2 aromatic rings. The molecule has 0 aliphatic heterocycles. The fraction of sp³-hybridized carbons (Fsp3) is 0.154. The largest absolute Gasteiger partial charge is 0.477 e. The number of carboxylic acids is 1. The van der Waals surface area contributed by atoms with Gasteiger partial charge in [0.15, 0.2) is 0 Å². The zero-order valence-electron chi connectivity index (χ0n) is 10.6. The van der Waals surface area contributed by atoms with Gasteiger partial charge in [0.25, 0.3) is 0 Å². The number of aromatic carboxylic acids is 1. The molecule has 21 heavy (non-hydrogen) atoms. The molecule has 1 heterocycles. The first-order valence-corrected chi connectivity index (χ1v) is 7.23. The van der Waals surface area contributed by atoms with E-state index in [9.17, 15) is 18.0 Å². The smallest absolute Gasteiger partial charge is 0.417 e. The van der Waals surface area contributed by atoms with Crippen LogP contribution in [0.1, 0.15) is 20.8 Å². The summed E-state index contributed by atoms with van der Waals surface area (Å²) in [5.41, 5.74) is 5.10. The van der Waals surface area contributed by atoms with E-state index in [0.29, 0.717) is 10.0 Å². The Balaban J connectivity index is 2.74. The molecule has 0 spiro atoms. The number of rotatable bonds is 2. The van der Waals surface area contributed by atoms with E-state index in [1.807, 2.05) is 0 Å². The molecule has 0 unspecified atom stereocenters. The summed E-state index contributed by atoms with van der Waals surface area (Å²) in [6.45, 7) is 1.51. The summed E-state index contributed by atoms with van der Waals surface area (Å²) in [6.07, 6.45) is -4.55. The Morgan fingerprint density at radius 1 is 1.38 bits per heavy atom. The highest BCUT2D eigenvalue weighted by Gasteiger charge is 2.35. The van der Waals surface area contributed by atoms with Crippen LogP contribution in [0.25, 0.3) is 10.4 Å². The topological polar surface area (TPSA) is 63.3 Å². The van der Waals surface area contributed by atoms with Crippen molar-refractivity contribution in [2.24, 2.45) is 0 Å². The number of nitrogen functional groups attached to an aromatic ring is 1. The van der Waals surface area contributed by atoms with Crippen molar-refractivity contribution in [3.8, 4) is 10.4 Å². The van der Waals surface area contributed by atoms with E-state index in [2.05, 4.69) is 15.9 Å². The summed E-state index contributed by atoms with van der Waals surface area (Å²) in [5, 5.41) is 9.02. The van der Waals surface area contributed by atoms with Gasteiger partial charge in [-0.15, -0.1) is 11.3 Å². The van der Waals surface area contributed by atoms with E-state index in [1.165, 1.54) is 19.1 Å². The van der Waals surface area contributed by atoms with Crippen molar-refractivity contribution in [3.05, 3.63) is 38.7 Å². The predicted molar refractivity (Wildman–Crippen MR) is 78.6 cm³/mol. The average molecular weight is 380 g/mol. The van der Waals surface area contributed by atoms with Crippen LogP contribution in [0, 0.1) is 6.92 Å². The standard InChI is InChI=1S/C13H9BrF3NO2S/c1-5-9(18)11(12(19)20)21-10(5)7-3-2-6(14)4-8(7)13(15,16)17/h2-4H,18H2,1H3,(H,19,20). The number of nitrogens with two attached hydrogens (primary N) is 1. The number of anilines is 1. The number of carbonyl (C=O) groups is 1. The van der Waals surface area contributed by atoms with Crippen LogP contribution in [-0.2, 0) is 6.18 Å². The van der Waals surface area contributed by atoms with Crippen LogP contribution in [0.5, 0.6) is 0 Å². The van der Waals surface area contributed by atoms with E-state index < -0.39 is 17.7 Å². The minimum atomic E-state index is -4.55. The molecule has 1 aromatic heterocycles. The molecule has 0 bridgehead atoms. The molecule has 8 heteroatoms. The van der Waals surface area contributed by atoms with Crippen molar-refractivity contribution in [2.45, 2.75) is 13.1 Å². The zero-order chi connectivity index (χ0) is 15.9. The third-order valence-electron chi connectivity index (χ3n) is 2.92. The lowest BCUT2D eigenvalue weighted by Gasteiger charge is -2.13. The molecule has 0 aliphatic rings. The Morgan fingerprint density at radius 2 is 2.00 bits per heavy atom. The molecule has 3 nitrogen and oxygen atoms in total. The van der Waals surface area contributed by atoms with Crippen LogP contribution in [0.4, 0.5) is 18.9 Å². The summed E-state index contributed by atoms with van der Waals surface area (Å²) in [6, 6.07) is 3.74. The minimum Gasteiger partial charge on any atom is -0.477 e. The van der Waals surface area contributed by atoms with Gasteiger partial charge in [0.05, 0.1) is 11.3 Å². The van der Waals surface area contributed by atoms with Crippen molar-refractivity contribution in [1.82, 2.24) is 0 Å². The maximum absolute atomic E-state index is 13.1. The molecular formula is C13H9BrF3NO2S. The third-order valence-corrected chi connectivity index (χ3v) is 4.74. The van der Waals surface area contributed by atoms with Crippen molar-refractivity contribution in [3.63, 3.8) is 0 Å². The van der Waals surface area contributed by atoms with E-state index in [4.69, 9.17) is 10.8 Å². The van der Waals surface area contributed by atoms with Crippen LogP contribution >= 0.6 is 27.3 Å². The van der Waals surface area contributed by atoms with Gasteiger partial charge in [-0.2, -0.15) is 13.2 Å². The lowest BCUT2D eigenvalue weighted by atomic mass is 10.0. The van der Waals surface area contributed by atoms with Crippen molar-refractivity contribution in [2.75, 3.05) is 5.73 Å². The lowest BCUT2D eigenvalue weighted by Crippen LogP contribution is -2.07. The van der Waals surface area contributed by atoms with Crippen LogP contribution in [0.3, 0.4) is 0 Å². The Labute approximate surface area is 130 Å². The highest BCUT2D eigenvalue weighted by atomic mass is 79.9. The second kappa shape index (κ2) is 5.34. The summed E-state index contributed by atoms with van der Waals surface area (Å²) < 4.78 is 39.7. The molecule has 0 aliphatic carbocycles. The van der Waals surface area contributed by atoms with Gasteiger partial charge in [-0.3, -0.25) is 0 Å². The summed E-state index contributed by atoms with van der Waals surface area (Å²) in [4.78, 5) is 11.1. The Kier molecular flexibility index (Phi) is 4.03. The van der Waals surface area contributed by atoms with Gasteiger partial charge < -0.3 is 10.8 Å². The third kappa shape index (κ3) is 2.91.